The summed E-state index contributed by atoms with van der Waals surface area (Å²) in [7, 11) is 0. The van der Waals surface area contributed by atoms with Gasteiger partial charge in [-0.25, -0.2) is 4.98 Å². The van der Waals surface area contributed by atoms with Gasteiger partial charge in [-0.3, -0.25) is 9.59 Å². The molecule has 0 saturated heterocycles. The molecule has 0 aliphatic carbocycles. The van der Waals surface area contributed by atoms with E-state index in [-0.39, 0.29) is 18.7 Å². The van der Waals surface area contributed by atoms with E-state index in [0.29, 0.717) is 5.13 Å². The summed E-state index contributed by atoms with van der Waals surface area (Å²) in [5, 5.41) is 13.8. The van der Waals surface area contributed by atoms with Crippen LogP contribution in [0, 0.1) is 12.3 Å². The van der Waals surface area contributed by atoms with Crippen molar-refractivity contribution < 1.29 is 14.7 Å². The third-order valence-electron chi connectivity index (χ3n) is 2.13. The van der Waals surface area contributed by atoms with Gasteiger partial charge in [0.15, 0.2) is 5.13 Å². The number of carbonyl (C=O) groups excluding carboxylic acids is 1. The number of thiazole rings is 1. The van der Waals surface area contributed by atoms with Crippen molar-refractivity contribution in [3.05, 3.63) is 11.1 Å². The Kier molecular flexibility index (Phi) is 4.22. The number of aliphatic carboxylic acids is 1. The lowest BCUT2D eigenvalue weighted by Gasteiger charge is -2.20. The monoisotopic (exact) mass is 256 g/mol. The topological polar surface area (TPSA) is 79.3 Å². The Bertz CT molecular complexity index is 426. The molecule has 0 radical (unpaired) electrons. The van der Waals surface area contributed by atoms with Crippen molar-refractivity contribution in [1.29, 1.82) is 0 Å². The van der Waals surface area contributed by atoms with Crippen molar-refractivity contribution in [1.82, 2.24) is 4.98 Å². The lowest BCUT2D eigenvalue weighted by atomic mass is 9.85. The Hall–Kier alpha value is -1.43. The zero-order chi connectivity index (χ0) is 13.1. The van der Waals surface area contributed by atoms with Crippen molar-refractivity contribution in [2.45, 2.75) is 33.6 Å². The summed E-state index contributed by atoms with van der Waals surface area (Å²) >= 11 is 1.36. The van der Waals surface area contributed by atoms with Crippen LogP contribution in [0.2, 0.25) is 0 Å². The molecule has 0 aliphatic rings. The lowest BCUT2D eigenvalue weighted by molar-refractivity contribution is -0.139. The van der Waals surface area contributed by atoms with Gasteiger partial charge in [-0.2, -0.15) is 0 Å². The van der Waals surface area contributed by atoms with Gasteiger partial charge in [0.2, 0.25) is 5.91 Å². The molecule has 0 fully saturated rings. The number of hydrogen-bond acceptors (Lipinski definition) is 4. The molecule has 5 nitrogen and oxygen atoms in total. The van der Waals surface area contributed by atoms with Gasteiger partial charge >= 0.3 is 5.97 Å². The van der Waals surface area contributed by atoms with Gasteiger partial charge in [-0.15, -0.1) is 11.3 Å². The van der Waals surface area contributed by atoms with E-state index in [4.69, 9.17) is 5.11 Å². The Labute approximate surface area is 104 Å². The van der Waals surface area contributed by atoms with Crippen molar-refractivity contribution in [3.8, 4) is 0 Å². The molecule has 1 aromatic heterocycles. The molecule has 1 aromatic rings. The SMILES string of the molecule is Cc1csc(NC(=O)CC(C)(C)CC(=O)O)n1. The first-order chi connectivity index (χ1) is 7.78. The minimum Gasteiger partial charge on any atom is -0.481 e. The number of hydrogen-bond donors (Lipinski definition) is 2. The van der Waals surface area contributed by atoms with Crippen molar-refractivity contribution in [2.75, 3.05) is 5.32 Å². The van der Waals surface area contributed by atoms with Crippen LogP contribution in [0.1, 0.15) is 32.4 Å². The van der Waals surface area contributed by atoms with Crippen LogP contribution in [0.5, 0.6) is 0 Å². The first-order valence-corrected chi connectivity index (χ1v) is 6.10. The van der Waals surface area contributed by atoms with E-state index in [1.807, 2.05) is 12.3 Å². The third kappa shape index (κ3) is 4.95. The summed E-state index contributed by atoms with van der Waals surface area (Å²) in [6, 6.07) is 0. The fourth-order valence-electron chi connectivity index (χ4n) is 1.48. The predicted octanol–water partition coefficient (Wildman–Crippen LogP) is 2.28. The van der Waals surface area contributed by atoms with E-state index in [1.165, 1.54) is 11.3 Å². The average Bonchev–Trinajstić information content (AvgIpc) is 2.46. The number of aryl methyl sites for hydroxylation is 1. The predicted molar refractivity (Wildman–Crippen MR) is 66.1 cm³/mol. The molecular formula is C11H16N2O3S. The van der Waals surface area contributed by atoms with Gasteiger partial charge in [-0.1, -0.05) is 13.8 Å². The van der Waals surface area contributed by atoms with Gasteiger partial charge in [0.25, 0.3) is 0 Å². The Morgan fingerprint density at radius 2 is 2.12 bits per heavy atom. The van der Waals surface area contributed by atoms with Crippen LogP contribution < -0.4 is 5.32 Å². The highest BCUT2D eigenvalue weighted by Crippen LogP contribution is 2.26. The molecule has 17 heavy (non-hydrogen) atoms. The number of nitrogens with one attached hydrogen (secondary N) is 1. The fourth-order valence-corrected chi connectivity index (χ4v) is 2.19. The molecule has 0 saturated carbocycles. The molecule has 0 bridgehead atoms. The molecule has 0 atom stereocenters. The van der Waals surface area contributed by atoms with Crippen molar-refractivity contribution in [3.63, 3.8) is 0 Å². The first kappa shape index (κ1) is 13.6. The van der Waals surface area contributed by atoms with Gasteiger partial charge < -0.3 is 10.4 Å². The highest BCUT2D eigenvalue weighted by atomic mass is 32.1. The fraction of sp³-hybridized carbons (Fsp3) is 0.545. The highest BCUT2D eigenvalue weighted by molar-refractivity contribution is 7.13. The zero-order valence-corrected chi connectivity index (χ0v) is 10.9. The summed E-state index contributed by atoms with van der Waals surface area (Å²) in [5.41, 5.74) is 0.303. The molecule has 0 unspecified atom stereocenters. The number of nitrogens with zero attached hydrogens (tertiary/aromatic N) is 1. The van der Waals surface area contributed by atoms with E-state index in [2.05, 4.69) is 10.3 Å². The third-order valence-corrected chi connectivity index (χ3v) is 3.01. The molecule has 94 valence electrons. The second kappa shape index (κ2) is 5.27. The second-order valence-corrected chi connectivity index (χ2v) is 5.61. The van der Waals surface area contributed by atoms with Crippen LogP contribution in [0.4, 0.5) is 5.13 Å². The van der Waals surface area contributed by atoms with Crippen LogP contribution in [0.15, 0.2) is 5.38 Å². The smallest absolute Gasteiger partial charge is 0.303 e. The minimum atomic E-state index is -0.895. The number of carboxylic acid groups (broad SMARTS) is 1. The Balaban J connectivity index is 2.52. The summed E-state index contributed by atoms with van der Waals surface area (Å²) in [6.07, 6.45) is 0.134. The maximum Gasteiger partial charge on any atom is 0.303 e. The highest BCUT2D eigenvalue weighted by Gasteiger charge is 2.25. The second-order valence-electron chi connectivity index (χ2n) is 4.75. The van der Waals surface area contributed by atoms with Crippen molar-refractivity contribution >= 4 is 28.3 Å². The standard InChI is InChI=1S/C11H16N2O3S/c1-7-6-17-10(12-7)13-8(14)4-11(2,3)5-9(15)16/h6H,4-5H2,1-3H3,(H,15,16)(H,12,13,14). The van der Waals surface area contributed by atoms with Crippen LogP contribution >= 0.6 is 11.3 Å². The largest absolute Gasteiger partial charge is 0.481 e. The van der Waals surface area contributed by atoms with Gasteiger partial charge in [0.05, 0.1) is 12.1 Å². The van der Waals surface area contributed by atoms with Crippen LogP contribution in [-0.4, -0.2) is 22.0 Å². The summed E-state index contributed by atoms with van der Waals surface area (Å²) < 4.78 is 0. The quantitative estimate of drug-likeness (QED) is 0.847. The maximum atomic E-state index is 11.7. The molecule has 0 aromatic carbocycles. The molecule has 1 heterocycles. The lowest BCUT2D eigenvalue weighted by Crippen LogP contribution is -2.24. The van der Waals surface area contributed by atoms with E-state index in [9.17, 15) is 9.59 Å². The minimum absolute atomic E-state index is 0.0304. The first-order valence-electron chi connectivity index (χ1n) is 5.22. The number of anilines is 1. The molecule has 2 N–H and O–H groups in total. The number of aromatic nitrogens is 1. The summed E-state index contributed by atoms with van der Waals surface area (Å²) in [5.74, 6) is -1.10. The van der Waals surface area contributed by atoms with E-state index >= 15 is 0 Å². The van der Waals surface area contributed by atoms with Crippen LogP contribution in [0.25, 0.3) is 0 Å². The van der Waals surface area contributed by atoms with Gasteiger partial charge in [0.1, 0.15) is 0 Å². The molecular weight excluding hydrogens is 240 g/mol. The summed E-state index contributed by atoms with van der Waals surface area (Å²) in [4.78, 5) is 26.4. The van der Waals surface area contributed by atoms with Gasteiger partial charge in [0, 0.05) is 11.8 Å². The molecule has 6 heteroatoms. The normalized spacial score (nSPS) is 11.2. The molecule has 0 aliphatic heterocycles. The molecule has 1 rings (SSSR count). The maximum absolute atomic E-state index is 11.7. The van der Waals surface area contributed by atoms with E-state index in [0.717, 1.165) is 5.69 Å². The van der Waals surface area contributed by atoms with Crippen molar-refractivity contribution in [2.24, 2.45) is 5.41 Å². The van der Waals surface area contributed by atoms with E-state index < -0.39 is 11.4 Å². The van der Waals surface area contributed by atoms with Gasteiger partial charge in [-0.05, 0) is 12.3 Å². The number of amides is 1. The number of carboxylic acids is 1. The molecule has 1 amide bonds. The average molecular weight is 256 g/mol. The van der Waals surface area contributed by atoms with Crippen LogP contribution in [-0.2, 0) is 9.59 Å². The van der Waals surface area contributed by atoms with E-state index in [1.54, 1.807) is 13.8 Å². The Morgan fingerprint density at radius 1 is 1.47 bits per heavy atom. The van der Waals surface area contributed by atoms with Crippen LogP contribution in [0.3, 0.4) is 0 Å². The summed E-state index contributed by atoms with van der Waals surface area (Å²) in [6.45, 7) is 5.36. The number of carbonyl (C=O) groups is 2. The zero-order valence-electron chi connectivity index (χ0n) is 10.1. The Morgan fingerprint density at radius 3 is 2.59 bits per heavy atom. The number of rotatable bonds is 5. The molecule has 0 spiro atoms.